The van der Waals surface area contributed by atoms with Crippen molar-refractivity contribution in [3.63, 3.8) is 0 Å². The molecule has 0 bridgehead atoms. The third-order valence-corrected chi connectivity index (χ3v) is 4.34. The van der Waals surface area contributed by atoms with E-state index in [1.165, 1.54) is 4.88 Å². The molecule has 3 nitrogen and oxygen atoms in total. The molecular formula is C13H20N2OS. The highest BCUT2D eigenvalue weighted by atomic mass is 32.1. The van der Waals surface area contributed by atoms with Gasteiger partial charge in [-0.2, -0.15) is 0 Å². The summed E-state index contributed by atoms with van der Waals surface area (Å²) in [5.41, 5.74) is 0. The van der Waals surface area contributed by atoms with Crippen molar-refractivity contribution in [1.29, 1.82) is 0 Å². The van der Waals surface area contributed by atoms with E-state index in [0.717, 1.165) is 37.6 Å². The van der Waals surface area contributed by atoms with Gasteiger partial charge in [0.25, 0.3) is 0 Å². The molecule has 1 aliphatic rings. The maximum absolute atomic E-state index is 12.0. The maximum Gasteiger partial charge on any atom is 0.186 e. The largest absolute Gasteiger partial charge is 0.301 e. The van der Waals surface area contributed by atoms with Crippen molar-refractivity contribution < 1.29 is 4.79 Å². The summed E-state index contributed by atoms with van der Waals surface area (Å²) in [5.74, 6) is 0.271. The molecule has 1 aromatic heterocycles. The van der Waals surface area contributed by atoms with Crippen LogP contribution >= 0.6 is 11.3 Å². The van der Waals surface area contributed by atoms with Crippen molar-refractivity contribution in [3.05, 3.63) is 21.9 Å². The smallest absolute Gasteiger partial charge is 0.186 e. The van der Waals surface area contributed by atoms with E-state index < -0.39 is 0 Å². The zero-order valence-corrected chi connectivity index (χ0v) is 11.4. The fourth-order valence-electron chi connectivity index (χ4n) is 2.13. The van der Waals surface area contributed by atoms with Gasteiger partial charge >= 0.3 is 0 Å². The Kier molecular flexibility index (Phi) is 4.31. The average molecular weight is 252 g/mol. The van der Waals surface area contributed by atoms with Gasteiger partial charge in [-0.25, -0.2) is 0 Å². The third-order valence-electron chi connectivity index (χ3n) is 3.29. The predicted molar refractivity (Wildman–Crippen MR) is 71.9 cm³/mol. The number of carbonyl (C=O) groups is 1. The molecule has 0 amide bonds. The molecule has 94 valence electrons. The van der Waals surface area contributed by atoms with Gasteiger partial charge < -0.3 is 4.90 Å². The Labute approximate surface area is 107 Å². The number of hydrogen-bond acceptors (Lipinski definition) is 4. The summed E-state index contributed by atoms with van der Waals surface area (Å²) in [6.45, 7) is 10.1. The average Bonchev–Trinajstić information content (AvgIpc) is 2.77. The van der Waals surface area contributed by atoms with Crippen molar-refractivity contribution in [1.82, 2.24) is 9.80 Å². The Morgan fingerprint density at radius 3 is 2.41 bits per heavy atom. The first-order chi connectivity index (χ1) is 8.19. The van der Waals surface area contributed by atoms with Crippen molar-refractivity contribution in [2.75, 3.05) is 39.3 Å². The first-order valence-corrected chi connectivity index (χ1v) is 7.05. The number of aryl methyl sites for hydroxylation is 1. The van der Waals surface area contributed by atoms with Crippen LogP contribution in [0.1, 0.15) is 21.5 Å². The van der Waals surface area contributed by atoms with Crippen LogP contribution < -0.4 is 0 Å². The van der Waals surface area contributed by atoms with Gasteiger partial charge in [0, 0.05) is 31.1 Å². The summed E-state index contributed by atoms with van der Waals surface area (Å²) < 4.78 is 0. The Bertz CT molecular complexity index is 381. The molecule has 1 aliphatic heterocycles. The number of Topliss-reactive ketones (excluding diaryl/α,β-unsaturated/α-hetero) is 1. The minimum atomic E-state index is 0.271. The molecule has 1 saturated heterocycles. The summed E-state index contributed by atoms with van der Waals surface area (Å²) >= 11 is 1.60. The lowest BCUT2D eigenvalue weighted by Gasteiger charge is -2.33. The topological polar surface area (TPSA) is 23.6 Å². The molecule has 1 fully saturated rings. The number of carbonyl (C=O) groups excluding carboxylic acids is 1. The zero-order valence-electron chi connectivity index (χ0n) is 10.6. The van der Waals surface area contributed by atoms with Crippen LogP contribution in [0.2, 0.25) is 0 Å². The maximum atomic E-state index is 12.0. The Hall–Kier alpha value is -0.710. The molecule has 2 rings (SSSR count). The lowest BCUT2D eigenvalue weighted by molar-refractivity contribution is 0.0863. The number of likely N-dealkylation sites (N-methyl/N-ethyl adjacent to an activating group) is 1. The van der Waals surface area contributed by atoms with Crippen LogP contribution in [0, 0.1) is 6.92 Å². The molecule has 1 aromatic rings. The number of rotatable bonds is 4. The van der Waals surface area contributed by atoms with Gasteiger partial charge in [-0.05, 0) is 25.6 Å². The zero-order chi connectivity index (χ0) is 12.3. The van der Waals surface area contributed by atoms with Crippen molar-refractivity contribution >= 4 is 17.1 Å². The summed E-state index contributed by atoms with van der Waals surface area (Å²) in [5, 5.41) is 0. The van der Waals surface area contributed by atoms with E-state index >= 15 is 0 Å². The Morgan fingerprint density at radius 1 is 1.24 bits per heavy atom. The summed E-state index contributed by atoms with van der Waals surface area (Å²) in [7, 11) is 0. The standard InChI is InChI=1S/C13H20N2OS/c1-3-14-6-8-15(9-7-14)10-12(16)13-5-4-11(2)17-13/h4-5H,3,6-10H2,1-2H3. The van der Waals surface area contributed by atoms with E-state index in [9.17, 15) is 4.79 Å². The van der Waals surface area contributed by atoms with Crippen LogP contribution in [0.15, 0.2) is 12.1 Å². The van der Waals surface area contributed by atoms with E-state index in [2.05, 4.69) is 16.7 Å². The third kappa shape index (κ3) is 3.37. The molecule has 0 aromatic carbocycles. The lowest BCUT2D eigenvalue weighted by Crippen LogP contribution is -2.47. The van der Waals surface area contributed by atoms with Gasteiger partial charge in [-0.1, -0.05) is 6.92 Å². The number of piperazine rings is 1. The fourth-order valence-corrected chi connectivity index (χ4v) is 2.93. The van der Waals surface area contributed by atoms with E-state index in [0.29, 0.717) is 6.54 Å². The molecule has 0 unspecified atom stereocenters. The molecule has 17 heavy (non-hydrogen) atoms. The second kappa shape index (κ2) is 5.76. The predicted octanol–water partition coefficient (Wildman–Crippen LogP) is 1.88. The molecule has 0 saturated carbocycles. The second-order valence-electron chi connectivity index (χ2n) is 4.54. The Balaban J connectivity index is 1.84. The number of nitrogens with zero attached hydrogens (tertiary/aromatic N) is 2. The molecule has 0 spiro atoms. The number of ketones is 1. The Morgan fingerprint density at radius 2 is 1.88 bits per heavy atom. The number of hydrogen-bond donors (Lipinski definition) is 0. The van der Waals surface area contributed by atoms with E-state index in [-0.39, 0.29) is 5.78 Å². The molecule has 0 aliphatic carbocycles. The van der Waals surface area contributed by atoms with Gasteiger partial charge in [0.05, 0.1) is 11.4 Å². The first-order valence-electron chi connectivity index (χ1n) is 6.23. The highest BCUT2D eigenvalue weighted by molar-refractivity contribution is 7.14. The second-order valence-corrected chi connectivity index (χ2v) is 5.83. The first kappa shape index (κ1) is 12.7. The summed E-state index contributed by atoms with van der Waals surface area (Å²) in [6, 6.07) is 3.97. The molecule has 0 atom stereocenters. The minimum absolute atomic E-state index is 0.271. The normalized spacial score (nSPS) is 18.5. The molecule has 2 heterocycles. The van der Waals surface area contributed by atoms with Crippen LogP contribution in [-0.4, -0.2) is 54.9 Å². The van der Waals surface area contributed by atoms with Gasteiger partial charge in [0.1, 0.15) is 0 Å². The molecule has 4 heteroatoms. The molecule has 0 N–H and O–H groups in total. The van der Waals surface area contributed by atoms with Crippen LogP contribution in [-0.2, 0) is 0 Å². The molecule has 0 radical (unpaired) electrons. The van der Waals surface area contributed by atoms with E-state index in [4.69, 9.17) is 0 Å². The lowest BCUT2D eigenvalue weighted by atomic mass is 10.2. The van der Waals surface area contributed by atoms with E-state index in [1.54, 1.807) is 11.3 Å². The van der Waals surface area contributed by atoms with Gasteiger partial charge in [-0.3, -0.25) is 9.69 Å². The van der Waals surface area contributed by atoms with Crippen LogP contribution in [0.3, 0.4) is 0 Å². The van der Waals surface area contributed by atoms with Gasteiger partial charge in [-0.15, -0.1) is 11.3 Å². The fraction of sp³-hybridized carbons (Fsp3) is 0.615. The quantitative estimate of drug-likeness (QED) is 0.764. The highest BCUT2D eigenvalue weighted by Gasteiger charge is 2.18. The van der Waals surface area contributed by atoms with Gasteiger partial charge in [0.15, 0.2) is 5.78 Å². The van der Waals surface area contributed by atoms with E-state index in [1.807, 2.05) is 19.1 Å². The summed E-state index contributed by atoms with van der Waals surface area (Å²) in [4.78, 5) is 18.8. The van der Waals surface area contributed by atoms with Crippen molar-refractivity contribution in [2.24, 2.45) is 0 Å². The van der Waals surface area contributed by atoms with Crippen molar-refractivity contribution in [2.45, 2.75) is 13.8 Å². The molecular weight excluding hydrogens is 232 g/mol. The number of thiophene rings is 1. The monoisotopic (exact) mass is 252 g/mol. The minimum Gasteiger partial charge on any atom is -0.301 e. The van der Waals surface area contributed by atoms with Crippen LogP contribution in [0.25, 0.3) is 0 Å². The van der Waals surface area contributed by atoms with Crippen LogP contribution in [0.5, 0.6) is 0 Å². The SMILES string of the molecule is CCN1CCN(CC(=O)c2ccc(C)s2)CC1. The highest BCUT2D eigenvalue weighted by Crippen LogP contribution is 2.16. The van der Waals surface area contributed by atoms with Gasteiger partial charge in [0.2, 0.25) is 0 Å². The summed E-state index contributed by atoms with van der Waals surface area (Å²) in [6.07, 6.45) is 0. The van der Waals surface area contributed by atoms with Crippen molar-refractivity contribution in [3.8, 4) is 0 Å². The van der Waals surface area contributed by atoms with Crippen LogP contribution in [0.4, 0.5) is 0 Å².